The maximum absolute atomic E-state index is 12.8. The molecule has 1 N–H and O–H groups in total. The molecule has 0 aliphatic rings. The zero-order valence-corrected chi connectivity index (χ0v) is 32.4. The van der Waals surface area contributed by atoms with Crippen LogP contribution in [0, 0.1) is 0 Å². The summed E-state index contributed by atoms with van der Waals surface area (Å²) in [4.78, 5) is 23.8. The van der Waals surface area contributed by atoms with E-state index in [1.807, 2.05) is 0 Å². The number of nitrogens with zero attached hydrogens (tertiary/aromatic N) is 1. The van der Waals surface area contributed by atoms with Crippen molar-refractivity contribution < 1.29 is 23.9 Å². The van der Waals surface area contributed by atoms with Crippen LogP contribution < -0.4 is 0 Å². The van der Waals surface area contributed by atoms with Gasteiger partial charge in [-0.05, 0) is 19.3 Å². The van der Waals surface area contributed by atoms with Crippen LogP contribution >= 0.6 is 0 Å². The highest BCUT2D eigenvalue weighted by atomic mass is 16.5. The van der Waals surface area contributed by atoms with Crippen molar-refractivity contribution in [3.05, 3.63) is 0 Å². The minimum Gasteiger partial charge on any atom is -0.481 e. The van der Waals surface area contributed by atoms with E-state index in [1.54, 1.807) is 0 Å². The van der Waals surface area contributed by atoms with Crippen LogP contribution in [-0.4, -0.2) is 54.8 Å². The van der Waals surface area contributed by atoms with Crippen molar-refractivity contribution in [3.8, 4) is 0 Å². The Balaban J connectivity index is 4.13. The highest BCUT2D eigenvalue weighted by Crippen LogP contribution is 2.18. The van der Waals surface area contributed by atoms with Gasteiger partial charge in [0, 0.05) is 12.8 Å². The number of rotatable bonds is 38. The van der Waals surface area contributed by atoms with E-state index in [0.29, 0.717) is 17.3 Å². The monoisotopic (exact) mass is 667 g/mol. The maximum atomic E-state index is 12.8. The van der Waals surface area contributed by atoms with E-state index in [1.165, 1.54) is 167 Å². The van der Waals surface area contributed by atoms with Crippen LogP contribution in [0.4, 0.5) is 0 Å². The molecule has 0 aliphatic heterocycles. The summed E-state index contributed by atoms with van der Waals surface area (Å²) < 4.78 is 6.77. The van der Waals surface area contributed by atoms with Gasteiger partial charge in [0.1, 0.15) is 6.54 Å². The minimum atomic E-state index is -0.737. The lowest BCUT2D eigenvalue weighted by atomic mass is 10.0. The predicted molar refractivity (Wildman–Crippen MR) is 203 cm³/mol. The lowest BCUT2D eigenvalue weighted by molar-refractivity contribution is -0.893. The quantitative estimate of drug-likeness (QED) is 0.0405. The van der Waals surface area contributed by atoms with Crippen molar-refractivity contribution in [2.24, 2.45) is 0 Å². The molecule has 5 heteroatoms. The summed E-state index contributed by atoms with van der Waals surface area (Å²) in [6, 6.07) is 0. The van der Waals surface area contributed by atoms with Crippen LogP contribution in [-0.2, 0) is 14.3 Å². The minimum absolute atomic E-state index is 0.0416. The summed E-state index contributed by atoms with van der Waals surface area (Å²) in [5, 5.41) is 9.06. The number of aliphatic carboxylic acids is 1. The molecule has 0 saturated heterocycles. The van der Waals surface area contributed by atoms with E-state index < -0.39 is 5.97 Å². The van der Waals surface area contributed by atoms with Gasteiger partial charge in [0.05, 0.1) is 27.1 Å². The molecular formula is C42H84NO4+. The number of esters is 1. The summed E-state index contributed by atoms with van der Waals surface area (Å²) >= 11 is 0. The smallest absolute Gasteiger partial charge is 0.306 e. The summed E-state index contributed by atoms with van der Waals surface area (Å²) in [5.74, 6) is -0.779. The molecule has 0 rings (SSSR count). The van der Waals surface area contributed by atoms with Gasteiger partial charge in [-0.15, -0.1) is 0 Å². The number of ether oxygens (including phenoxy) is 1. The Labute approximate surface area is 294 Å². The maximum Gasteiger partial charge on any atom is 0.306 e. The molecule has 0 bridgehead atoms. The number of unbranched alkanes of at least 4 members (excludes halogenated alkanes) is 27. The molecule has 0 heterocycles. The zero-order chi connectivity index (χ0) is 34.7. The SMILES string of the molecule is CCCCCCCCCCCCCCCCCCC(C[N+](C)(C)CCCC(=O)O)OC(=O)CCCCCCCCCCCCCCC. The van der Waals surface area contributed by atoms with E-state index in [0.717, 1.165) is 38.8 Å². The van der Waals surface area contributed by atoms with Crippen molar-refractivity contribution in [1.29, 1.82) is 0 Å². The Kier molecular flexibility index (Phi) is 33.9. The van der Waals surface area contributed by atoms with Gasteiger partial charge in [0.25, 0.3) is 0 Å². The van der Waals surface area contributed by atoms with Crippen LogP contribution in [0.2, 0.25) is 0 Å². The first kappa shape index (κ1) is 45.9. The van der Waals surface area contributed by atoms with Crippen LogP contribution in [0.25, 0.3) is 0 Å². The molecule has 0 aromatic carbocycles. The lowest BCUT2D eigenvalue weighted by Gasteiger charge is -2.33. The van der Waals surface area contributed by atoms with Crippen molar-refractivity contribution in [2.75, 3.05) is 27.2 Å². The number of carboxylic acids is 1. The topological polar surface area (TPSA) is 63.6 Å². The molecule has 1 unspecified atom stereocenters. The summed E-state index contributed by atoms with van der Waals surface area (Å²) in [5.41, 5.74) is 0. The molecule has 0 radical (unpaired) electrons. The molecule has 5 nitrogen and oxygen atoms in total. The number of hydrogen-bond acceptors (Lipinski definition) is 3. The Morgan fingerprint density at radius 1 is 0.489 bits per heavy atom. The molecule has 47 heavy (non-hydrogen) atoms. The second kappa shape index (κ2) is 34.8. The lowest BCUT2D eigenvalue weighted by Crippen LogP contribution is -2.47. The molecule has 1 atom stereocenters. The van der Waals surface area contributed by atoms with Gasteiger partial charge in [-0.3, -0.25) is 9.59 Å². The highest BCUT2D eigenvalue weighted by molar-refractivity contribution is 5.69. The second-order valence-electron chi connectivity index (χ2n) is 15.5. The van der Waals surface area contributed by atoms with E-state index >= 15 is 0 Å². The van der Waals surface area contributed by atoms with E-state index in [4.69, 9.17) is 9.84 Å². The first-order valence-electron chi connectivity index (χ1n) is 21.0. The number of carbonyl (C=O) groups is 2. The molecule has 0 aliphatic carbocycles. The van der Waals surface area contributed by atoms with Crippen LogP contribution in [0.15, 0.2) is 0 Å². The van der Waals surface area contributed by atoms with Crippen molar-refractivity contribution >= 4 is 11.9 Å². The van der Waals surface area contributed by atoms with E-state index in [9.17, 15) is 9.59 Å². The van der Waals surface area contributed by atoms with Gasteiger partial charge in [-0.25, -0.2) is 0 Å². The Morgan fingerprint density at radius 2 is 0.830 bits per heavy atom. The number of likely N-dealkylation sites (N-methyl/N-ethyl adjacent to an activating group) is 1. The summed E-state index contributed by atoms with van der Waals surface area (Å²) in [6.45, 7) is 6.12. The fourth-order valence-corrected chi connectivity index (χ4v) is 6.94. The normalized spacial score (nSPS) is 12.4. The fraction of sp³-hybridized carbons (Fsp3) is 0.952. The Bertz CT molecular complexity index is 680. The van der Waals surface area contributed by atoms with Gasteiger partial charge < -0.3 is 14.3 Å². The molecule has 0 saturated carbocycles. The van der Waals surface area contributed by atoms with Gasteiger partial charge in [0.15, 0.2) is 6.10 Å². The Morgan fingerprint density at radius 3 is 1.19 bits per heavy atom. The van der Waals surface area contributed by atoms with Gasteiger partial charge in [-0.1, -0.05) is 187 Å². The molecule has 280 valence electrons. The molecule has 0 aromatic rings. The second-order valence-corrected chi connectivity index (χ2v) is 15.5. The standard InChI is InChI=1S/C42H83NO4/c1-5-7-9-11-13-15-17-19-20-21-23-24-26-28-30-32-35-40(39-43(3,4)38-34-36-41(44)45)47-42(46)37-33-31-29-27-25-22-18-16-14-12-10-8-6-2/h40H,5-39H2,1-4H3/p+1. The van der Waals surface area contributed by atoms with Crippen molar-refractivity contribution in [3.63, 3.8) is 0 Å². The fourth-order valence-electron chi connectivity index (χ4n) is 6.94. The Hall–Kier alpha value is -1.10. The van der Waals surface area contributed by atoms with Crippen LogP contribution in [0.1, 0.15) is 226 Å². The summed E-state index contributed by atoms with van der Waals surface area (Å²) in [7, 11) is 4.28. The molecule has 0 fully saturated rings. The molecule has 0 amide bonds. The largest absolute Gasteiger partial charge is 0.481 e. The van der Waals surface area contributed by atoms with E-state index in [2.05, 4.69) is 27.9 Å². The first-order chi connectivity index (χ1) is 22.8. The average molecular weight is 667 g/mol. The number of carbonyl (C=O) groups excluding carboxylic acids is 1. The van der Waals surface area contributed by atoms with Crippen molar-refractivity contribution in [2.45, 2.75) is 232 Å². The van der Waals surface area contributed by atoms with Crippen LogP contribution in [0.5, 0.6) is 0 Å². The first-order valence-corrected chi connectivity index (χ1v) is 21.0. The van der Waals surface area contributed by atoms with Gasteiger partial charge in [-0.2, -0.15) is 0 Å². The third kappa shape index (κ3) is 36.0. The summed E-state index contributed by atoms with van der Waals surface area (Å²) in [6.07, 6.45) is 40.9. The van der Waals surface area contributed by atoms with Gasteiger partial charge >= 0.3 is 11.9 Å². The molecular weight excluding hydrogens is 582 g/mol. The van der Waals surface area contributed by atoms with E-state index in [-0.39, 0.29) is 18.5 Å². The number of quaternary nitrogens is 1. The number of hydrogen-bond donors (Lipinski definition) is 1. The zero-order valence-electron chi connectivity index (χ0n) is 32.4. The molecule has 0 spiro atoms. The van der Waals surface area contributed by atoms with Crippen molar-refractivity contribution in [1.82, 2.24) is 0 Å². The average Bonchev–Trinajstić information content (AvgIpc) is 3.02. The third-order valence-electron chi connectivity index (χ3n) is 10.0. The highest BCUT2D eigenvalue weighted by Gasteiger charge is 2.25. The third-order valence-corrected chi connectivity index (χ3v) is 10.0. The van der Waals surface area contributed by atoms with Gasteiger partial charge in [0.2, 0.25) is 0 Å². The molecule has 0 aromatic heterocycles. The predicted octanol–water partition coefficient (Wildman–Crippen LogP) is 13.0. The number of carboxylic acid groups (broad SMARTS) is 1. The van der Waals surface area contributed by atoms with Crippen LogP contribution in [0.3, 0.4) is 0 Å².